The van der Waals surface area contributed by atoms with E-state index in [2.05, 4.69) is 5.32 Å². The fourth-order valence-corrected chi connectivity index (χ4v) is 5.29. The van der Waals surface area contributed by atoms with Crippen LogP contribution in [0.15, 0.2) is 48.0 Å². The summed E-state index contributed by atoms with van der Waals surface area (Å²) in [6.07, 6.45) is -5.86. The first kappa shape index (κ1) is 36.9. The van der Waals surface area contributed by atoms with Gasteiger partial charge in [0.05, 0.1) is 13.2 Å². The minimum Gasteiger partial charge on any atom is -0.504 e. The quantitative estimate of drug-likeness (QED) is 0.0995. The molecule has 7 unspecified atom stereocenters. The topological polar surface area (TPSA) is 204 Å². The van der Waals surface area contributed by atoms with Crippen molar-refractivity contribution in [1.29, 1.82) is 0 Å². The average Bonchev–Trinajstić information content (AvgIpc) is 3.01. The Balaban J connectivity index is 1.97. The number of carbonyl (C=O) groups excluding carboxylic acids is 2. The maximum Gasteiger partial charge on any atom is 0.334 e. The molecule has 13 nitrogen and oxygen atoms in total. The van der Waals surface area contributed by atoms with Crippen molar-refractivity contribution in [2.24, 2.45) is 0 Å². The second kappa shape index (κ2) is 18.0. The van der Waals surface area contributed by atoms with Gasteiger partial charge in [0, 0.05) is 38.8 Å². The highest BCUT2D eigenvalue weighted by molar-refractivity contribution is 5.94. The summed E-state index contributed by atoms with van der Waals surface area (Å²) in [7, 11) is 1.38. The Kier molecular flexibility index (Phi) is 14.4. The molecule has 46 heavy (non-hydrogen) atoms. The SMILES string of the molecule is COc1cc(C=C(CC(CCO)c2cccc(CCO)c2)C(=O)OC2C(O)OC(CNCC(C)O)C(O)C2OC(C)=O)ccc1O. The number of phenols is 1. The van der Waals surface area contributed by atoms with E-state index in [0.29, 0.717) is 12.0 Å². The molecule has 0 bridgehead atoms. The van der Waals surface area contributed by atoms with Gasteiger partial charge in [-0.3, -0.25) is 4.79 Å². The summed E-state index contributed by atoms with van der Waals surface area (Å²) >= 11 is 0. The molecule has 1 aliphatic heterocycles. The number of esters is 2. The second-order valence-electron chi connectivity index (χ2n) is 11.2. The molecule has 3 rings (SSSR count). The van der Waals surface area contributed by atoms with Crippen LogP contribution >= 0.6 is 0 Å². The minimum absolute atomic E-state index is 0.00637. The molecule has 0 spiro atoms. The largest absolute Gasteiger partial charge is 0.504 e. The van der Waals surface area contributed by atoms with Crippen molar-refractivity contribution in [2.75, 3.05) is 33.4 Å². The van der Waals surface area contributed by atoms with Crippen molar-refractivity contribution in [1.82, 2.24) is 5.32 Å². The maximum atomic E-state index is 13.9. The Hall–Kier alpha value is -3.56. The van der Waals surface area contributed by atoms with Crippen molar-refractivity contribution in [2.45, 2.75) is 75.8 Å². The van der Waals surface area contributed by atoms with Crippen LogP contribution in [0.2, 0.25) is 0 Å². The molecule has 7 N–H and O–H groups in total. The molecule has 0 radical (unpaired) electrons. The van der Waals surface area contributed by atoms with E-state index in [1.54, 1.807) is 13.0 Å². The van der Waals surface area contributed by atoms with Crippen molar-refractivity contribution >= 4 is 18.0 Å². The number of aliphatic hydroxyl groups excluding tert-OH is 5. The highest BCUT2D eigenvalue weighted by Gasteiger charge is 2.49. The van der Waals surface area contributed by atoms with Crippen LogP contribution in [0.4, 0.5) is 0 Å². The zero-order valence-electron chi connectivity index (χ0n) is 26.2. The van der Waals surface area contributed by atoms with Crippen LogP contribution in [0.5, 0.6) is 11.5 Å². The number of ether oxygens (including phenoxy) is 4. The molecule has 0 aromatic heterocycles. The summed E-state index contributed by atoms with van der Waals surface area (Å²) in [5.74, 6) is -2.03. The lowest BCUT2D eigenvalue weighted by molar-refractivity contribution is -0.287. The van der Waals surface area contributed by atoms with E-state index in [-0.39, 0.29) is 62.1 Å². The van der Waals surface area contributed by atoms with Gasteiger partial charge in [-0.25, -0.2) is 4.79 Å². The van der Waals surface area contributed by atoms with Gasteiger partial charge in [-0.05, 0) is 67.0 Å². The van der Waals surface area contributed by atoms with Crippen LogP contribution in [-0.2, 0) is 30.2 Å². The maximum absolute atomic E-state index is 13.9. The predicted octanol–water partition coefficient (Wildman–Crippen LogP) is 0.767. The molecule has 7 atom stereocenters. The molecule has 0 amide bonds. The molecule has 2 aromatic carbocycles. The van der Waals surface area contributed by atoms with E-state index >= 15 is 0 Å². The first-order valence-electron chi connectivity index (χ1n) is 15.1. The zero-order valence-corrected chi connectivity index (χ0v) is 26.2. The summed E-state index contributed by atoms with van der Waals surface area (Å²) in [4.78, 5) is 25.9. The van der Waals surface area contributed by atoms with Gasteiger partial charge in [0.2, 0.25) is 0 Å². The predicted molar refractivity (Wildman–Crippen MR) is 166 cm³/mol. The van der Waals surface area contributed by atoms with Crippen molar-refractivity contribution in [3.05, 3.63) is 64.7 Å². The number of phenolic OH excluding ortho intramolecular Hbond substituents is 1. The fourth-order valence-electron chi connectivity index (χ4n) is 5.29. The Morgan fingerprint density at radius 2 is 1.83 bits per heavy atom. The van der Waals surface area contributed by atoms with Gasteiger partial charge in [-0.15, -0.1) is 0 Å². The minimum atomic E-state index is -1.78. The van der Waals surface area contributed by atoms with Gasteiger partial charge in [-0.1, -0.05) is 30.3 Å². The Bertz CT molecular complexity index is 1320. The lowest BCUT2D eigenvalue weighted by atomic mass is 9.87. The Morgan fingerprint density at radius 3 is 2.48 bits per heavy atom. The molecule has 0 aliphatic carbocycles. The lowest BCUT2D eigenvalue weighted by Gasteiger charge is -2.41. The molecule has 1 fully saturated rings. The van der Waals surface area contributed by atoms with Gasteiger partial charge >= 0.3 is 11.9 Å². The van der Waals surface area contributed by atoms with Crippen molar-refractivity contribution in [3.63, 3.8) is 0 Å². The van der Waals surface area contributed by atoms with Gasteiger partial charge < -0.3 is 54.9 Å². The number of methoxy groups -OCH3 is 1. The first-order chi connectivity index (χ1) is 22.0. The van der Waals surface area contributed by atoms with E-state index in [1.165, 1.54) is 25.3 Å². The highest BCUT2D eigenvalue weighted by Crippen LogP contribution is 2.33. The third-order valence-corrected chi connectivity index (χ3v) is 7.54. The number of rotatable bonds is 16. The van der Waals surface area contributed by atoms with E-state index in [4.69, 9.17) is 18.9 Å². The number of nitrogens with one attached hydrogen (secondary N) is 1. The van der Waals surface area contributed by atoms with Gasteiger partial charge in [0.15, 0.2) is 30.0 Å². The van der Waals surface area contributed by atoms with Crippen LogP contribution < -0.4 is 10.1 Å². The number of hydrogen-bond acceptors (Lipinski definition) is 13. The number of carbonyl (C=O) groups is 2. The number of aromatic hydroxyl groups is 1. The van der Waals surface area contributed by atoms with Crippen LogP contribution in [0.3, 0.4) is 0 Å². The van der Waals surface area contributed by atoms with E-state index < -0.39 is 48.7 Å². The molecule has 1 heterocycles. The van der Waals surface area contributed by atoms with Crippen molar-refractivity contribution in [3.8, 4) is 11.5 Å². The summed E-state index contributed by atoms with van der Waals surface area (Å²) in [6, 6.07) is 11.9. The third kappa shape index (κ3) is 10.5. The molecule has 2 aromatic rings. The van der Waals surface area contributed by atoms with E-state index in [1.807, 2.05) is 24.3 Å². The molecule has 13 heteroatoms. The zero-order chi connectivity index (χ0) is 33.8. The molecule has 0 saturated carbocycles. The molecular formula is C33H45NO12. The van der Waals surface area contributed by atoms with E-state index in [0.717, 1.165) is 18.1 Å². The fraction of sp³-hybridized carbons (Fsp3) is 0.515. The summed E-state index contributed by atoms with van der Waals surface area (Å²) in [6.45, 7) is 2.61. The Labute approximate surface area is 268 Å². The van der Waals surface area contributed by atoms with Crippen LogP contribution in [0, 0.1) is 0 Å². The monoisotopic (exact) mass is 647 g/mol. The summed E-state index contributed by atoms with van der Waals surface area (Å²) in [5.41, 5.74) is 2.25. The van der Waals surface area contributed by atoms with Crippen LogP contribution in [0.25, 0.3) is 6.08 Å². The van der Waals surface area contributed by atoms with Gasteiger partial charge in [0.1, 0.15) is 12.2 Å². The van der Waals surface area contributed by atoms with E-state index in [9.17, 15) is 40.2 Å². The standard InChI is InChI=1S/C33H45NO12/c1-19(37)17-34-18-28-29(40)30(44-20(2)38)31(33(42)45-28)46-32(41)25(14-22-7-8-26(39)27(15-22)43-3)16-24(10-12-36)23-6-4-5-21(13-23)9-11-35/h4-8,13-15,19,24,28-31,33-37,39-40,42H,9-12,16-18H2,1-3H3. The molecular weight excluding hydrogens is 602 g/mol. The third-order valence-electron chi connectivity index (χ3n) is 7.54. The molecule has 1 saturated heterocycles. The number of hydrogen-bond donors (Lipinski definition) is 7. The van der Waals surface area contributed by atoms with Crippen LogP contribution in [0.1, 0.15) is 49.3 Å². The first-order valence-corrected chi connectivity index (χ1v) is 15.1. The molecule has 254 valence electrons. The Morgan fingerprint density at radius 1 is 1.07 bits per heavy atom. The second-order valence-corrected chi connectivity index (χ2v) is 11.2. The van der Waals surface area contributed by atoms with Crippen LogP contribution in [-0.4, -0.2) is 113 Å². The smallest absolute Gasteiger partial charge is 0.334 e. The average molecular weight is 648 g/mol. The number of benzene rings is 2. The van der Waals surface area contributed by atoms with Gasteiger partial charge in [0.25, 0.3) is 0 Å². The van der Waals surface area contributed by atoms with Gasteiger partial charge in [-0.2, -0.15) is 0 Å². The summed E-state index contributed by atoms with van der Waals surface area (Å²) < 4.78 is 21.8. The number of aliphatic hydroxyl groups is 5. The normalized spacial score (nSPS) is 23.0. The van der Waals surface area contributed by atoms with Crippen molar-refractivity contribution < 1.29 is 59.2 Å². The highest BCUT2D eigenvalue weighted by atomic mass is 16.7. The lowest BCUT2D eigenvalue weighted by Crippen LogP contribution is -2.62. The summed E-state index contributed by atoms with van der Waals surface area (Å²) in [5, 5.41) is 63.7. The molecule has 1 aliphatic rings.